The standard InChI is InChI=1S/C28H42N4O10.C26H36N6O12.C11H15NO4.C8H9NO3.C3H7BrO.C2H8N2.C2H6.4Ac.Na.H/c1-19-27(37)23(21(11-29-19)17-41-9-7-39-3)13-31(15-25(33)34)5-6-32(16-26(35)36)14-24-22(18-42-10-8-40-4)12-30-20(2)28(24)38;1-17-25(37)21(19(9-27-17)15-41-5-7-43-29-39)11-31(13-23(33)34)3-4-32(14-24(35)36)12-22-20(10-28-18(2)26(22)38)16-42-6-8-44-30-40;1-8-11(14)10(6-13)9(5-12-8)7-16-4-3-15-2;1-5-8(12)7(4-11)6(3-10)2-9-5;1-5-3-2-4;3-1-2-4;1-2;;;;;;/h11-12,37-38H,5-10,13-18H2,1-4H3,(H,33,34)(H,35,36);9-10,37-38H,3-8,11-16H2,1-2H3,(H,33,34)(H,35,36);5-6,14H,3-4,7H2,1-2H3;2,4,10,12H,3H2,1H3;2-3H2,1H3;1-4H2;1-2H3;;;;;;/q;;;;;;;;;;;+1;-1. The number of alkyl halides is 1. The van der Waals surface area contributed by atoms with Gasteiger partial charge in [-0.1, -0.05) is 29.8 Å². The molecule has 0 saturated carbocycles. The number of carbonyl (C=O) groups is 6. The first-order valence-electron chi connectivity index (χ1n) is 38.9. The number of ether oxygens (including phenoxy) is 9. The quantitative estimate of drug-likeness (QED) is 0.00650. The number of nitrogens with zero attached hydrogens (tertiary/aromatic N) is 12. The van der Waals surface area contributed by atoms with Crippen molar-refractivity contribution in [3.05, 3.63) is 148 Å². The number of aliphatic hydroxyl groups is 1. The van der Waals surface area contributed by atoms with Gasteiger partial charge in [0.25, 0.3) is 0 Å². The Hall–Kier alpha value is -3.67. The maximum absolute atomic E-state index is 11.7. The van der Waals surface area contributed by atoms with Gasteiger partial charge in [-0.25, -0.2) is 0 Å². The molecule has 15 N–H and O–H groups in total. The van der Waals surface area contributed by atoms with E-state index in [0.29, 0.717) is 155 Å². The van der Waals surface area contributed by atoms with Crippen LogP contribution in [-0.2, 0) is 137 Å². The van der Waals surface area contributed by atoms with E-state index >= 15 is 0 Å². The Balaban J connectivity index is -0.000000323. The van der Waals surface area contributed by atoms with Crippen LogP contribution in [0.15, 0.2) is 47.9 Å². The summed E-state index contributed by atoms with van der Waals surface area (Å²) in [4.78, 5) is 128. The van der Waals surface area contributed by atoms with E-state index in [-0.39, 0.29) is 384 Å². The Bertz CT molecular complexity index is 4000. The Morgan fingerprint density at radius 3 is 0.800 bits per heavy atom. The van der Waals surface area contributed by atoms with Gasteiger partial charge in [0, 0.05) is 368 Å². The molecule has 4 radical (unpaired) electrons. The molecule has 6 aromatic heterocycles. The van der Waals surface area contributed by atoms with Gasteiger partial charge in [-0.3, -0.25) is 78.3 Å². The molecule has 0 aliphatic heterocycles. The van der Waals surface area contributed by atoms with Crippen molar-refractivity contribution in [2.45, 2.75) is 121 Å². The van der Waals surface area contributed by atoms with Gasteiger partial charge in [0.2, 0.25) is 0 Å². The number of pyridine rings is 6. The molecule has 0 aromatic carbocycles. The number of aromatic nitrogens is 6. The summed E-state index contributed by atoms with van der Waals surface area (Å²) in [5.41, 5.74) is 17.1. The van der Waals surface area contributed by atoms with Crippen LogP contribution in [0.3, 0.4) is 0 Å². The van der Waals surface area contributed by atoms with E-state index in [2.05, 4.69) is 70.9 Å². The Labute approximate surface area is 931 Å². The molecule has 0 atom stereocenters. The largest absolute Gasteiger partial charge is 1.00 e. The number of hydrogen-bond acceptors (Lipinski definition) is 40. The Morgan fingerprint density at radius 1 is 0.385 bits per heavy atom. The number of rotatable bonds is 55. The average Bonchev–Trinajstić information content (AvgIpc) is 0.828. The van der Waals surface area contributed by atoms with Crippen molar-refractivity contribution in [3.8, 4) is 34.5 Å². The normalized spacial score (nSPS) is 10.2. The van der Waals surface area contributed by atoms with Gasteiger partial charge in [-0.15, -0.1) is 9.81 Å². The minimum atomic E-state index is -1.15. The first kappa shape index (κ1) is 137. The summed E-state index contributed by atoms with van der Waals surface area (Å²) in [7, 11) is 6.38. The number of carbonyl (C=O) groups excluding carboxylic acids is 2. The fourth-order valence-corrected chi connectivity index (χ4v) is 10.8. The molecule has 0 aliphatic carbocycles. The molecular weight excluding hydrogens is 2650 g/mol. The van der Waals surface area contributed by atoms with Crippen LogP contribution in [0.1, 0.15) is 126 Å². The molecule has 6 aromatic rings. The Kier molecular flexibility index (Phi) is 89.2. The zero-order valence-electron chi connectivity index (χ0n) is 77.1. The van der Waals surface area contributed by atoms with Crippen LogP contribution >= 0.6 is 15.9 Å². The number of nitrogens with two attached hydrogens (primary N) is 2. The van der Waals surface area contributed by atoms with Crippen molar-refractivity contribution >= 4 is 52.4 Å². The van der Waals surface area contributed by atoms with Gasteiger partial charge < -0.3 is 121 Å². The number of halogens is 1. The van der Waals surface area contributed by atoms with Gasteiger partial charge in [0.1, 0.15) is 47.7 Å². The van der Waals surface area contributed by atoms with Crippen LogP contribution in [0.25, 0.3) is 0 Å². The second kappa shape index (κ2) is 84.6. The molecule has 0 spiro atoms. The monoisotopic (exact) mass is 2770 g/mol. The van der Waals surface area contributed by atoms with Crippen LogP contribution in [0.4, 0.5) is 0 Å². The second-order valence-corrected chi connectivity index (χ2v) is 27.0. The van der Waals surface area contributed by atoms with Crippen molar-refractivity contribution in [1.29, 1.82) is 0 Å². The van der Waals surface area contributed by atoms with Crippen LogP contribution in [0, 0.1) is 228 Å². The van der Waals surface area contributed by atoms with E-state index in [1.165, 1.54) is 34.6 Å². The van der Waals surface area contributed by atoms with E-state index in [9.17, 15) is 89.6 Å². The first-order valence-corrected chi connectivity index (χ1v) is 40.0. The number of carboxylic acids is 4. The molecule has 0 amide bonds. The maximum atomic E-state index is 11.7. The number of aromatic hydroxyl groups is 6. The third-order valence-electron chi connectivity index (χ3n) is 17.0. The predicted molar refractivity (Wildman–Crippen MR) is 456 cm³/mol. The smallest absolute Gasteiger partial charge is 1.00 e. The summed E-state index contributed by atoms with van der Waals surface area (Å²) < 4.78 is 46.9. The molecule has 44 nitrogen and oxygen atoms in total. The predicted octanol–water partition coefficient (Wildman–Crippen LogP) is 2.26. The minimum Gasteiger partial charge on any atom is -1.00 e. The van der Waals surface area contributed by atoms with Crippen molar-refractivity contribution < 1.29 is 344 Å². The summed E-state index contributed by atoms with van der Waals surface area (Å²) in [6.45, 7) is 17.0. The zero-order valence-corrected chi connectivity index (χ0v) is 98.7. The Morgan fingerprint density at radius 2 is 0.600 bits per heavy atom. The minimum absolute atomic E-state index is 0. The molecule has 130 heavy (non-hydrogen) atoms. The summed E-state index contributed by atoms with van der Waals surface area (Å²) in [6, 6.07) is 0. The van der Waals surface area contributed by atoms with Crippen LogP contribution in [0.2, 0.25) is 0 Å². The summed E-state index contributed by atoms with van der Waals surface area (Å²) in [6.07, 6.45) is 10.2. The average molecular weight is 2770 g/mol. The van der Waals surface area contributed by atoms with E-state index in [1.54, 1.807) is 92.2 Å². The van der Waals surface area contributed by atoms with Gasteiger partial charge in [-0.2, -0.15) is 0 Å². The van der Waals surface area contributed by atoms with Crippen LogP contribution in [0.5, 0.6) is 34.5 Å². The number of aryl methyl sites for hydroxylation is 6. The number of aliphatic carboxylic acids is 4. The molecule has 0 aliphatic rings. The topological polar surface area (TPSA) is 628 Å². The molecular formula is C80H124Ac4BrN14NaO30. The first-order chi connectivity index (χ1) is 59.9. The summed E-state index contributed by atoms with van der Waals surface area (Å²) in [5.74, 6) is -5.11. The molecule has 6 rings (SSSR count). The van der Waals surface area contributed by atoms with Gasteiger partial charge >= 0.3 is 53.4 Å². The van der Waals surface area contributed by atoms with Crippen molar-refractivity contribution in [1.82, 2.24) is 49.5 Å². The number of hydrogen-bond donors (Lipinski definition) is 13. The van der Waals surface area contributed by atoms with E-state index in [0.717, 1.165) is 11.9 Å². The van der Waals surface area contributed by atoms with Gasteiger partial charge in [0.05, 0.1) is 171 Å². The fourth-order valence-electron chi connectivity index (χ4n) is 10.5. The van der Waals surface area contributed by atoms with E-state index in [1.807, 2.05) is 13.8 Å². The third kappa shape index (κ3) is 57.5. The number of carboxylic acid groups (broad SMARTS) is 4. The molecule has 714 valence electrons. The molecule has 6 heterocycles. The maximum Gasteiger partial charge on any atom is 1.00 e. The SMILES string of the molecule is CC.COCCBr.COCCOCc1cnc(C)c(O)c1C=O.COCCOCc1cnc(C)c(O)c1CN(CCN(CC(=O)O)Cc1c(COCCOC)cnc(C)c1O)CC(=O)O.Cc1ncc(CO)c(C=O)c1O.Cc1ncc(COCCON=O)c(CN(CCN(CC(=O)O)Cc2c(COCCON=O)cnc(C)c2O)CC(=O)O)c1O.NCCN.[Ac].[Ac].[Ac].[Ac].[H-].[Na+]. The summed E-state index contributed by atoms with van der Waals surface area (Å²) in [5, 5.41) is 115. The van der Waals surface area contributed by atoms with Crippen molar-refractivity contribution in [3.63, 3.8) is 0 Å². The number of aldehydes is 2. The van der Waals surface area contributed by atoms with E-state index < -0.39 is 37.0 Å². The van der Waals surface area contributed by atoms with Crippen LogP contribution < -0.4 is 41.0 Å². The fraction of sp³-hybridized carbons (Fsp3) is 0.550. The number of methoxy groups -OCH3 is 4. The molecule has 0 saturated heterocycles. The molecule has 0 fully saturated rings. The summed E-state index contributed by atoms with van der Waals surface area (Å²) >= 11 is 3.18. The molecule has 0 unspecified atom stereocenters. The van der Waals surface area contributed by atoms with Crippen molar-refractivity contribution in [2.24, 2.45) is 22.1 Å². The second-order valence-electron chi connectivity index (χ2n) is 26.2. The van der Waals surface area contributed by atoms with Gasteiger partial charge in [-0.05, 0) is 41.5 Å². The van der Waals surface area contributed by atoms with E-state index in [4.69, 9.17) is 54.5 Å². The number of aliphatic hydroxyl groups excluding tert-OH is 1. The van der Waals surface area contributed by atoms with Gasteiger partial charge in [0.15, 0.2) is 23.3 Å². The van der Waals surface area contributed by atoms with Crippen molar-refractivity contribution in [2.75, 3.05) is 172 Å². The van der Waals surface area contributed by atoms with Crippen LogP contribution in [-0.4, -0.2) is 314 Å². The molecule has 50 heteroatoms. The zero-order chi connectivity index (χ0) is 94.2. The third-order valence-corrected chi connectivity index (χ3v) is 17.4. The molecule has 0 bridgehead atoms.